The molecule has 0 spiro atoms. The van der Waals surface area contributed by atoms with Crippen molar-refractivity contribution in [1.29, 1.82) is 0 Å². The first kappa shape index (κ1) is 16.0. The molecule has 0 aliphatic heterocycles. The Hall–Kier alpha value is -2.41. The third-order valence-electron chi connectivity index (χ3n) is 2.95. The molecule has 0 aliphatic rings. The molecule has 0 bridgehead atoms. The summed E-state index contributed by atoms with van der Waals surface area (Å²) in [5.41, 5.74) is 13.7. The molecule has 6 nitrogen and oxygen atoms in total. The van der Waals surface area contributed by atoms with E-state index in [1.165, 1.54) is 11.3 Å². The van der Waals surface area contributed by atoms with Gasteiger partial charge in [-0.15, -0.1) is 11.3 Å². The number of hydrogen-bond acceptors (Lipinski definition) is 3. The van der Waals surface area contributed by atoms with Crippen molar-refractivity contribution in [2.45, 2.75) is 13.3 Å². The maximum absolute atomic E-state index is 5.37. The van der Waals surface area contributed by atoms with Crippen molar-refractivity contribution in [3.8, 4) is 11.3 Å². The average Bonchev–Trinajstić information content (AvgIpc) is 2.95. The number of nitrogens with two attached hydrogens (primary N) is 2. The molecule has 0 amide bonds. The van der Waals surface area contributed by atoms with Crippen LogP contribution in [0.3, 0.4) is 0 Å². The van der Waals surface area contributed by atoms with Crippen LogP contribution in [0.15, 0.2) is 34.6 Å². The number of rotatable bonds is 6. The standard InChI is InChI=1S/C15H20N6S/c1-3-7-18-10-21(2)12-6-4-5-11(8-12)13-9-22-15(19-13)20-14(16)17/h4-6,8-10H,3,7H2,1-2H3,(H4,16,17,19,20)/p+1. The van der Waals surface area contributed by atoms with Gasteiger partial charge in [0.05, 0.1) is 19.3 Å². The van der Waals surface area contributed by atoms with Gasteiger partial charge in [-0.3, -0.25) is 5.32 Å². The Morgan fingerprint density at radius 3 is 3.00 bits per heavy atom. The molecule has 7 heteroatoms. The molecule has 0 aliphatic carbocycles. The lowest BCUT2D eigenvalue weighted by atomic mass is 10.1. The van der Waals surface area contributed by atoms with Crippen molar-refractivity contribution in [2.75, 3.05) is 13.6 Å². The van der Waals surface area contributed by atoms with E-state index >= 15 is 0 Å². The van der Waals surface area contributed by atoms with Gasteiger partial charge < -0.3 is 11.5 Å². The topological polar surface area (TPSA) is 92.3 Å². The largest absolute Gasteiger partial charge is 0.370 e. The van der Waals surface area contributed by atoms with Crippen LogP contribution in [0.4, 0.5) is 10.8 Å². The summed E-state index contributed by atoms with van der Waals surface area (Å²) in [5, 5.41) is 5.76. The van der Waals surface area contributed by atoms with Crippen LogP contribution in [0.25, 0.3) is 11.3 Å². The van der Waals surface area contributed by atoms with Gasteiger partial charge in [-0.1, -0.05) is 19.1 Å². The van der Waals surface area contributed by atoms with Gasteiger partial charge in [-0.25, -0.2) is 9.56 Å². The van der Waals surface area contributed by atoms with Crippen LogP contribution in [0.5, 0.6) is 0 Å². The second-order valence-electron chi connectivity index (χ2n) is 4.80. The minimum atomic E-state index is 0.0194. The summed E-state index contributed by atoms with van der Waals surface area (Å²) < 4.78 is 2.04. The number of aromatic nitrogens is 1. The zero-order chi connectivity index (χ0) is 15.9. The van der Waals surface area contributed by atoms with Crippen LogP contribution in [0, 0.1) is 0 Å². The summed E-state index contributed by atoms with van der Waals surface area (Å²) in [6.07, 6.45) is 3.06. The predicted molar refractivity (Wildman–Crippen MR) is 93.2 cm³/mol. The molecule has 0 saturated carbocycles. The van der Waals surface area contributed by atoms with E-state index in [2.05, 4.69) is 34.3 Å². The van der Waals surface area contributed by atoms with Crippen molar-refractivity contribution in [3.63, 3.8) is 0 Å². The Bertz CT molecular complexity index is 685. The highest BCUT2D eigenvalue weighted by Crippen LogP contribution is 2.28. The molecular weight excluding hydrogens is 296 g/mol. The van der Waals surface area contributed by atoms with E-state index in [1.54, 1.807) is 0 Å². The van der Waals surface area contributed by atoms with Gasteiger partial charge in [-0.2, -0.15) is 4.99 Å². The van der Waals surface area contributed by atoms with Gasteiger partial charge in [0.25, 0.3) is 0 Å². The Morgan fingerprint density at radius 2 is 2.27 bits per heavy atom. The summed E-state index contributed by atoms with van der Waals surface area (Å²) in [7, 11) is 2.01. The number of thiazole rings is 1. The Balaban J connectivity index is 2.23. The van der Waals surface area contributed by atoms with Gasteiger partial charge in [0.15, 0.2) is 5.96 Å². The van der Waals surface area contributed by atoms with E-state index < -0.39 is 0 Å². The molecular formula is C15H21N6S+. The first-order valence-electron chi connectivity index (χ1n) is 7.05. The van der Waals surface area contributed by atoms with Crippen molar-refractivity contribution in [2.24, 2.45) is 16.5 Å². The summed E-state index contributed by atoms with van der Waals surface area (Å²) in [5.74, 6) is 0.0194. The Kier molecular flexibility index (Phi) is 5.48. The van der Waals surface area contributed by atoms with Crippen LogP contribution in [-0.4, -0.2) is 35.5 Å². The average molecular weight is 317 g/mol. The van der Waals surface area contributed by atoms with Crippen LogP contribution >= 0.6 is 11.3 Å². The van der Waals surface area contributed by atoms with Crippen LogP contribution in [0.1, 0.15) is 13.3 Å². The number of nitrogens with zero attached hydrogens (tertiary/aromatic N) is 3. The highest BCUT2D eigenvalue weighted by atomic mass is 32.1. The summed E-state index contributed by atoms with van der Waals surface area (Å²) >= 11 is 1.41. The molecule has 2 aromatic rings. The normalized spacial score (nSPS) is 11.3. The highest BCUT2D eigenvalue weighted by molar-refractivity contribution is 7.13. The number of hydrogen-bond donors (Lipinski definition) is 3. The SMILES string of the molecule is CCCNC=[N+](C)c1cccc(-c2csc(N=C(N)N)n2)c1. The molecule has 0 fully saturated rings. The zero-order valence-corrected chi connectivity index (χ0v) is 13.6. The van der Waals surface area contributed by atoms with Crippen molar-refractivity contribution in [3.05, 3.63) is 29.6 Å². The molecule has 1 aromatic heterocycles. The first-order chi connectivity index (χ1) is 10.6. The summed E-state index contributed by atoms with van der Waals surface area (Å²) in [4.78, 5) is 8.39. The third-order valence-corrected chi connectivity index (χ3v) is 3.68. The monoisotopic (exact) mass is 317 g/mol. The fourth-order valence-electron chi connectivity index (χ4n) is 1.86. The Morgan fingerprint density at radius 1 is 1.45 bits per heavy atom. The van der Waals surface area contributed by atoms with Gasteiger partial charge in [-0.05, 0) is 18.6 Å². The fourth-order valence-corrected chi connectivity index (χ4v) is 2.58. The lowest BCUT2D eigenvalue weighted by Gasteiger charge is -2.03. The molecule has 0 radical (unpaired) electrons. The van der Waals surface area contributed by atoms with E-state index in [0.717, 1.165) is 29.9 Å². The van der Waals surface area contributed by atoms with Crippen molar-refractivity contribution < 1.29 is 4.58 Å². The van der Waals surface area contributed by atoms with Crippen LogP contribution in [0.2, 0.25) is 0 Å². The van der Waals surface area contributed by atoms with Gasteiger partial charge in [0.1, 0.15) is 5.69 Å². The second-order valence-corrected chi connectivity index (χ2v) is 5.63. The quantitative estimate of drug-likeness (QED) is 0.329. The maximum atomic E-state index is 5.37. The maximum Gasteiger partial charge on any atom is 0.236 e. The van der Waals surface area contributed by atoms with E-state index in [0.29, 0.717) is 5.13 Å². The lowest BCUT2D eigenvalue weighted by molar-refractivity contribution is -0.401. The minimum absolute atomic E-state index is 0.0194. The predicted octanol–water partition coefficient (Wildman–Crippen LogP) is 2.02. The van der Waals surface area contributed by atoms with E-state index in [4.69, 9.17) is 11.5 Å². The molecule has 2 rings (SSSR count). The zero-order valence-electron chi connectivity index (χ0n) is 12.8. The first-order valence-corrected chi connectivity index (χ1v) is 7.93. The van der Waals surface area contributed by atoms with E-state index in [9.17, 15) is 0 Å². The smallest absolute Gasteiger partial charge is 0.236 e. The molecule has 1 aromatic carbocycles. The fraction of sp³-hybridized carbons (Fsp3) is 0.267. The highest BCUT2D eigenvalue weighted by Gasteiger charge is 2.07. The molecule has 116 valence electrons. The number of guanidine groups is 1. The molecule has 0 saturated heterocycles. The number of benzene rings is 1. The van der Waals surface area contributed by atoms with Crippen LogP contribution in [-0.2, 0) is 0 Å². The van der Waals surface area contributed by atoms with Crippen molar-refractivity contribution in [1.82, 2.24) is 10.3 Å². The van der Waals surface area contributed by atoms with E-state index in [-0.39, 0.29) is 5.96 Å². The molecule has 0 atom stereocenters. The van der Waals surface area contributed by atoms with Crippen LogP contribution < -0.4 is 16.8 Å². The number of aliphatic imine (C=N–C) groups is 1. The number of nitrogens with one attached hydrogen (secondary N) is 1. The minimum Gasteiger partial charge on any atom is -0.370 e. The van der Waals surface area contributed by atoms with Crippen molar-refractivity contribution >= 4 is 34.5 Å². The second kappa shape index (κ2) is 7.56. The summed E-state index contributed by atoms with van der Waals surface area (Å²) in [6.45, 7) is 3.09. The third kappa shape index (κ3) is 4.29. The van der Waals surface area contributed by atoms with Gasteiger partial charge in [0, 0.05) is 10.9 Å². The van der Waals surface area contributed by atoms with Gasteiger partial charge in [0.2, 0.25) is 11.5 Å². The van der Waals surface area contributed by atoms with E-state index in [1.807, 2.05) is 35.5 Å². The molecule has 1 heterocycles. The summed E-state index contributed by atoms with van der Waals surface area (Å²) in [6, 6.07) is 8.16. The molecule has 0 unspecified atom stereocenters. The molecule has 22 heavy (non-hydrogen) atoms. The lowest BCUT2D eigenvalue weighted by Crippen LogP contribution is -2.21. The van der Waals surface area contributed by atoms with Gasteiger partial charge >= 0.3 is 0 Å². The Labute approximate surface area is 134 Å². The molecule has 5 N–H and O–H groups in total.